The summed E-state index contributed by atoms with van der Waals surface area (Å²) in [6.07, 6.45) is 33.4. The van der Waals surface area contributed by atoms with Gasteiger partial charge < -0.3 is 0 Å². The van der Waals surface area contributed by atoms with Crippen molar-refractivity contribution in [1.29, 1.82) is 0 Å². The maximum absolute atomic E-state index is 4.64. The van der Waals surface area contributed by atoms with Crippen LogP contribution in [0.1, 0.15) is 168 Å². The van der Waals surface area contributed by atoms with Crippen LogP contribution in [-0.4, -0.2) is 23.4 Å². The molecule has 0 amide bonds. The standard InChI is InChI=1S/C32H62N/c1-5-28(2)23-19-15-11-7-6-8-12-16-20-24-29(3)31-26-22-18-14-10-9-13-17-21-25-30-27-32(30)33(31)4/h28-32H,4-27H2,1-3H3/q+1. The molecule has 33 heavy (non-hydrogen) atoms. The predicted molar refractivity (Wildman–Crippen MR) is 149 cm³/mol. The Hall–Kier alpha value is -0.330. The average Bonchev–Trinajstić information content (AvgIpc) is 3.59. The van der Waals surface area contributed by atoms with E-state index in [1.54, 1.807) is 0 Å². The van der Waals surface area contributed by atoms with Crippen LogP contribution in [0.3, 0.4) is 0 Å². The number of hydrogen-bond donors (Lipinski definition) is 0. The second-order valence-corrected chi connectivity index (χ2v) is 12.3. The van der Waals surface area contributed by atoms with E-state index in [0.29, 0.717) is 0 Å². The van der Waals surface area contributed by atoms with Gasteiger partial charge in [-0.2, -0.15) is 0 Å². The molecule has 0 aromatic rings. The van der Waals surface area contributed by atoms with Gasteiger partial charge in [0.25, 0.3) is 0 Å². The van der Waals surface area contributed by atoms with Crippen LogP contribution in [0.2, 0.25) is 0 Å². The number of unbranched alkanes of at least 4 members (excludes halogenated alkanes) is 8. The van der Waals surface area contributed by atoms with E-state index in [2.05, 4.69) is 32.1 Å². The summed E-state index contributed by atoms with van der Waals surface area (Å²) >= 11 is 0. The molecule has 0 aromatic heterocycles. The Morgan fingerprint density at radius 1 is 0.667 bits per heavy atom. The molecule has 1 heterocycles. The van der Waals surface area contributed by atoms with Crippen LogP contribution >= 0.6 is 0 Å². The van der Waals surface area contributed by atoms with Crippen LogP contribution in [0, 0.1) is 17.8 Å². The van der Waals surface area contributed by atoms with Crippen molar-refractivity contribution in [3.63, 3.8) is 0 Å². The summed E-state index contributed by atoms with van der Waals surface area (Å²) in [6, 6.07) is 1.55. The molecule has 1 aliphatic carbocycles. The lowest BCUT2D eigenvalue weighted by molar-refractivity contribution is -0.583. The summed E-state index contributed by atoms with van der Waals surface area (Å²) in [5.74, 6) is 2.73. The molecule has 1 aliphatic heterocycles. The van der Waals surface area contributed by atoms with Crippen molar-refractivity contribution in [2.75, 3.05) is 0 Å². The molecule has 194 valence electrons. The molecular weight excluding hydrogens is 398 g/mol. The largest absolute Gasteiger partial charge is 0.236 e. The Bertz CT molecular complexity index is 483. The van der Waals surface area contributed by atoms with Crippen LogP contribution in [0.25, 0.3) is 0 Å². The molecule has 5 unspecified atom stereocenters. The smallest absolute Gasteiger partial charge is 0.156 e. The first-order valence-electron chi connectivity index (χ1n) is 15.7. The zero-order chi connectivity index (χ0) is 23.7. The summed E-state index contributed by atoms with van der Waals surface area (Å²) in [7, 11) is 0. The number of fused-ring (bicyclic) bond motifs is 1. The zero-order valence-corrected chi connectivity index (χ0v) is 23.3. The molecule has 1 saturated carbocycles. The van der Waals surface area contributed by atoms with Gasteiger partial charge in [-0.3, -0.25) is 0 Å². The van der Waals surface area contributed by atoms with E-state index >= 15 is 0 Å². The first-order chi connectivity index (χ1) is 16.1. The second kappa shape index (κ2) is 18.0. The van der Waals surface area contributed by atoms with Gasteiger partial charge >= 0.3 is 0 Å². The Labute approximate surface area is 209 Å². The molecular formula is C32H62N+. The number of rotatable bonds is 14. The summed E-state index contributed by atoms with van der Waals surface area (Å²) in [4.78, 5) is 0. The minimum absolute atomic E-state index is 0.735. The fourth-order valence-electron chi connectivity index (χ4n) is 6.38. The maximum atomic E-state index is 4.64. The van der Waals surface area contributed by atoms with E-state index in [9.17, 15) is 0 Å². The molecule has 0 radical (unpaired) electrons. The molecule has 5 atom stereocenters. The van der Waals surface area contributed by atoms with Crippen LogP contribution in [0.5, 0.6) is 0 Å². The van der Waals surface area contributed by atoms with Crippen molar-refractivity contribution in [1.82, 2.24) is 0 Å². The van der Waals surface area contributed by atoms with E-state index in [4.69, 9.17) is 0 Å². The van der Waals surface area contributed by atoms with E-state index in [1.807, 2.05) is 0 Å². The molecule has 0 aromatic carbocycles. The summed E-state index contributed by atoms with van der Waals surface area (Å²) in [6.45, 7) is 11.9. The summed E-state index contributed by atoms with van der Waals surface area (Å²) < 4.78 is 2.61. The molecule has 2 fully saturated rings. The van der Waals surface area contributed by atoms with Gasteiger partial charge in [0, 0.05) is 24.7 Å². The van der Waals surface area contributed by atoms with Gasteiger partial charge in [-0.15, -0.1) is 0 Å². The summed E-state index contributed by atoms with van der Waals surface area (Å²) in [5, 5.41) is 0. The summed E-state index contributed by atoms with van der Waals surface area (Å²) in [5.41, 5.74) is 0. The monoisotopic (exact) mass is 460 g/mol. The highest BCUT2D eigenvalue weighted by Gasteiger charge is 2.48. The number of nitrogens with zero attached hydrogens (tertiary/aromatic N) is 1. The Balaban J connectivity index is 1.56. The van der Waals surface area contributed by atoms with Crippen molar-refractivity contribution in [2.45, 2.75) is 181 Å². The quantitative estimate of drug-likeness (QED) is 0.179. The molecule has 1 nitrogen and oxygen atoms in total. The first-order valence-corrected chi connectivity index (χ1v) is 15.7. The van der Waals surface area contributed by atoms with Crippen molar-refractivity contribution in [3.05, 3.63) is 0 Å². The lowest BCUT2D eigenvalue weighted by atomic mass is 9.90. The molecule has 0 spiro atoms. The second-order valence-electron chi connectivity index (χ2n) is 12.3. The van der Waals surface area contributed by atoms with E-state index in [1.165, 1.54) is 148 Å². The van der Waals surface area contributed by atoms with E-state index in [0.717, 1.165) is 29.8 Å². The zero-order valence-electron chi connectivity index (χ0n) is 23.3. The predicted octanol–water partition coefficient (Wildman–Crippen LogP) is 10.3. The third-order valence-electron chi connectivity index (χ3n) is 9.27. The van der Waals surface area contributed by atoms with Gasteiger partial charge in [-0.25, -0.2) is 4.58 Å². The van der Waals surface area contributed by atoms with Crippen LogP contribution in [-0.2, 0) is 0 Å². The number of hydrogen-bond acceptors (Lipinski definition) is 0. The van der Waals surface area contributed by atoms with Gasteiger partial charge in [-0.1, -0.05) is 136 Å². The minimum Gasteiger partial charge on any atom is -0.236 e. The normalized spacial score (nSPS) is 26.9. The highest BCUT2D eigenvalue weighted by Crippen LogP contribution is 2.40. The third kappa shape index (κ3) is 12.8. The lowest BCUT2D eigenvalue weighted by Crippen LogP contribution is -2.34. The van der Waals surface area contributed by atoms with Crippen molar-refractivity contribution in [2.24, 2.45) is 17.8 Å². The molecule has 0 bridgehead atoms. The highest BCUT2D eigenvalue weighted by molar-refractivity contribution is 5.16. The fraction of sp³-hybridized carbons (Fsp3) is 0.969. The maximum Gasteiger partial charge on any atom is 0.156 e. The van der Waals surface area contributed by atoms with Crippen LogP contribution in [0.15, 0.2) is 0 Å². The van der Waals surface area contributed by atoms with Gasteiger partial charge in [-0.05, 0) is 25.2 Å². The molecule has 1 saturated heterocycles. The highest BCUT2D eigenvalue weighted by atomic mass is 15.1. The van der Waals surface area contributed by atoms with E-state index in [-0.39, 0.29) is 0 Å². The first kappa shape index (κ1) is 28.9. The third-order valence-corrected chi connectivity index (χ3v) is 9.27. The lowest BCUT2D eigenvalue weighted by Gasteiger charge is -2.22. The Morgan fingerprint density at radius 3 is 1.73 bits per heavy atom. The minimum atomic E-state index is 0.735. The molecule has 2 rings (SSSR count). The van der Waals surface area contributed by atoms with Crippen molar-refractivity contribution in [3.8, 4) is 0 Å². The van der Waals surface area contributed by atoms with Gasteiger partial charge in [0.2, 0.25) is 0 Å². The molecule has 2 aliphatic rings. The molecule has 0 N–H and O–H groups in total. The topological polar surface area (TPSA) is 3.01 Å². The van der Waals surface area contributed by atoms with Gasteiger partial charge in [0.15, 0.2) is 12.1 Å². The van der Waals surface area contributed by atoms with E-state index < -0.39 is 0 Å². The van der Waals surface area contributed by atoms with Crippen LogP contribution < -0.4 is 0 Å². The fourth-order valence-corrected chi connectivity index (χ4v) is 6.38. The Kier molecular flexibility index (Phi) is 15.8. The van der Waals surface area contributed by atoms with Crippen LogP contribution in [0.4, 0.5) is 0 Å². The Morgan fingerprint density at radius 2 is 1.15 bits per heavy atom. The van der Waals surface area contributed by atoms with Gasteiger partial charge in [0.1, 0.15) is 6.72 Å². The molecule has 1 heteroatoms. The SMILES string of the molecule is C=[N+]1C(C(C)CCCCCCCCCCCC(C)CC)CCCCCCCCCCC2CC21. The van der Waals surface area contributed by atoms with Gasteiger partial charge in [0.05, 0.1) is 0 Å². The average molecular weight is 461 g/mol. The van der Waals surface area contributed by atoms with Crippen molar-refractivity contribution >= 4 is 6.72 Å². The van der Waals surface area contributed by atoms with Crippen molar-refractivity contribution < 1.29 is 4.58 Å².